The predicted molar refractivity (Wildman–Crippen MR) is 122 cm³/mol. The first-order valence-corrected chi connectivity index (χ1v) is 11.1. The van der Waals surface area contributed by atoms with Gasteiger partial charge in [0.05, 0.1) is 24.2 Å². The molecule has 0 saturated heterocycles. The lowest BCUT2D eigenvalue weighted by molar-refractivity contribution is 0.0576. The first-order valence-electron chi connectivity index (χ1n) is 11.1. The van der Waals surface area contributed by atoms with Crippen LogP contribution in [0.2, 0.25) is 0 Å². The summed E-state index contributed by atoms with van der Waals surface area (Å²) in [5.74, 6) is -3.62. The van der Waals surface area contributed by atoms with Gasteiger partial charge in [-0.2, -0.15) is 0 Å². The molecule has 7 nitrogen and oxygen atoms in total. The van der Waals surface area contributed by atoms with Crippen LogP contribution in [0.3, 0.4) is 0 Å². The van der Waals surface area contributed by atoms with Gasteiger partial charge in [-0.15, -0.1) is 0 Å². The maximum atomic E-state index is 13.6. The molecule has 2 N–H and O–H groups in total. The van der Waals surface area contributed by atoms with Gasteiger partial charge in [0.25, 0.3) is 11.5 Å². The first-order chi connectivity index (χ1) is 16.3. The van der Waals surface area contributed by atoms with Crippen LogP contribution in [-0.2, 0) is 17.7 Å². The minimum atomic E-state index is -2.75. The molecule has 5 rings (SSSR count). The van der Waals surface area contributed by atoms with E-state index in [4.69, 9.17) is 10.5 Å². The van der Waals surface area contributed by atoms with E-state index in [1.165, 1.54) is 9.47 Å². The van der Waals surface area contributed by atoms with Gasteiger partial charge in [-0.25, -0.2) is 18.6 Å². The van der Waals surface area contributed by atoms with Gasteiger partial charge in [0.1, 0.15) is 6.61 Å². The fourth-order valence-corrected chi connectivity index (χ4v) is 4.40. The number of nitrogen functional groups attached to an aromatic ring is 1. The molecule has 0 spiro atoms. The largest absolute Gasteiger partial charge is 0.449 e. The Morgan fingerprint density at radius 1 is 1.12 bits per heavy atom. The summed E-state index contributed by atoms with van der Waals surface area (Å²) >= 11 is 0. The van der Waals surface area contributed by atoms with Crippen molar-refractivity contribution < 1.29 is 18.3 Å². The van der Waals surface area contributed by atoms with E-state index in [2.05, 4.69) is 4.98 Å². The average molecular weight is 466 g/mol. The Balaban J connectivity index is 1.44. The highest BCUT2D eigenvalue weighted by atomic mass is 19.3. The van der Waals surface area contributed by atoms with Gasteiger partial charge in [0.15, 0.2) is 0 Å². The average Bonchev–Trinajstić information content (AvgIpc) is 3.47. The smallest absolute Gasteiger partial charge is 0.410 e. The van der Waals surface area contributed by atoms with E-state index in [0.29, 0.717) is 11.3 Å². The van der Waals surface area contributed by atoms with E-state index in [1.807, 2.05) is 60.7 Å². The number of carbonyl (C=O) groups excluding carboxylic acids is 1. The van der Waals surface area contributed by atoms with Gasteiger partial charge in [0, 0.05) is 18.5 Å². The van der Waals surface area contributed by atoms with Crippen molar-refractivity contribution in [2.45, 2.75) is 31.4 Å². The lowest BCUT2D eigenvalue weighted by atomic mass is 9.97. The Morgan fingerprint density at radius 3 is 2.26 bits per heavy atom. The van der Waals surface area contributed by atoms with Gasteiger partial charge < -0.3 is 15.4 Å². The number of nitrogens with zero attached hydrogens (tertiary/aromatic N) is 3. The molecule has 1 aromatic heterocycles. The van der Waals surface area contributed by atoms with Crippen molar-refractivity contribution in [3.8, 4) is 0 Å². The number of carbonyl (C=O) groups is 1. The van der Waals surface area contributed by atoms with Crippen LogP contribution in [-0.4, -0.2) is 39.6 Å². The lowest BCUT2D eigenvalue weighted by Crippen LogP contribution is -2.42. The second-order valence-corrected chi connectivity index (χ2v) is 8.70. The van der Waals surface area contributed by atoms with Crippen molar-refractivity contribution in [2.75, 3.05) is 18.9 Å². The fourth-order valence-electron chi connectivity index (χ4n) is 4.40. The monoisotopic (exact) mass is 466 g/mol. The lowest BCUT2D eigenvalue weighted by Gasteiger charge is -2.29. The Morgan fingerprint density at radius 2 is 1.71 bits per heavy atom. The van der Waals surface area contributed by atoms with Gasteiger partial charge in [-0.05, 0) is 17.5 Å². The van der Waals surface area contributed by atoms with Crippen LogP contribution < -0.4 is 11.3 Å². The van der Waals surface area contributed by atoms with Crippen molar-refractivity contribution in [3.63, 3.8) is 0 Å². The zero-order valence-corrected chi connectivity index (χ0v) is 18.4. The molecule has 0 radical (unpaired) electrons. The second kappa shape index (κ2) is 8.55. The number of halogens is 2. The summed E-state index contributed by atoms with van der Waals surface area (Å²) in [5, 5.41) is 0. The maximum Gasteiger partial charge on any atom is 0.410 e. The van der Waals surface area contributed by atoms with Crippen LogP contribution in [0.5, 0.6) is 0 Å². The van der Waals surface area contributed by atoms with Crippen molar-refractivity contribution in [1.82, 2.24) is 14.5 Å². The third-order valence-electron chi connectivity index (χ3n) is 6.40. The summed E-state index contributed by atoms with van der Waals surface area (Å²) in [4.78, 5) is 31.8. The summed E-state index contributed by atoms with van der Waals surface area (Å²) in [5.41, 5.74) is 8.73. The molecule has 1 unspecified atom stereocenters. The van der Waals surface area contributed by atoms with Gasteiger partial charge in [0.2, 0.25) is 5.95 Å². The molecule has 1 fully saturated rings. The van der Waals surface area contributed by atoms with Crippen LogP contribution in [0.15, 0.2) is 65.5 Å². The molecular weight excluding hydrogens is 442 g/mol. The molecule has 2 heterocycles. The second-order valence-electron chi connectivity index (χ2n) is 8.70. The number of benzene rings is 2. The molecule has 9 heteroatoms. The van der Waals surface area contributed by atoms with Crippen molar-refractivity contribution >= 4 is 12.0 Å². The molecule has 3 aromatic rings. The topological polar surface area (TPSA) is 90.5 Å². The molecule has 176 valence electrons. The fraction of sp³-hybridized carbons (Fsp3) is 0.320. The summed E-state index contributed by atoms with van der Waals surface area (Å²) in [6.45, 7) is -0.0475. The quantitative estimate of drug-likeness (QED) is 0.620. The number of rotatable bonds is 5. The third kappa shape index (κ3) is 4.13. The van der Waals surface area contributed by atoms with Crippen molar-refractivity contribution in [3.05, 3.63) is 93.4 Å². The highest BCUT2D eigenvalue weighted by molar-refractivity contribution is 5.68. The third-order valence-corrected chi connectivity index (χ3v) is 6.40. The molecule has 2 aliphatic rings. The Hall–Kier alpha value is -3.75. The molecule has 1 aliphatic carbocycles. The number of anilines is 1. The van der Waals surface area contributed by atoms with E-state index in [1.54, 1.807) is 0 Å². The molecule has 2 aromatic carbocycles. The number of nitrogens with two attached hydrogens (primary N) is 1. The normalized spacial score (nSPS) is 18.4. The van der Waals surface area contributed by atoms with E-state index < -0.39 is 24.0 Å². The number of hydrogen-bond acceptors (Lipinski definition) is 5. The summed E-state index contributed by atoms with van der Waals surface area (Å²) in [6, 6.07) is 18.7. The summed E-state index contributed by atoms with van der Waals surface area (Å²) < 4.78 is 32.7. The SMILES string of the molecule is Nc1nc2c(c(=O)n1C(c1ccccc1)c1ccccc1)CCN(C(=O)OCC1CC1(F)F)C2. The summed E-state index contributed by atoms with van der Waals surface area (Å²) in [7, 11) is 0. The molecule has 0 bridgehead atoms. The van der Waals surface area contributed by atoms with E-state index in [-0.39, 0.29) is 44.0 Å². The molecule has 1 atom stereocenters. The maximum absolute atomic E-state index is 13.6. The summed E-state index contributed by atoms with van der Waals surface area (Å²) in [6.07, 6.45) is -0.679. The minimum absolute atomic E-state index is 0.0364. The number of amides is 1. The number of fused-ring (bicyclic) bond motifs is 1. The number of hydrogen-bond donors (Lipinski definition) is 1. The van der Waals surface area contributed by atoms with Crippen LogP contribution in [0.4, 0.5) is 19.5 Å². The van der Waals surface area contributed by atoms with Crippen LogP contribution in [0.25, 0.3) is 0 Å². The number of alkyl halides is 2. The van der Waals surface area contributed by atoms with Crippen LogP contribution in [0, 0.1) is 5.92 Å². The van der Waals surface area contributed by atoms with Gasteiger partial charge in [-0.3, -0.25) is 9.36 Å². The Labute approximate surface area is 194 Å². The zero-order chi connectivity index (χ0) is 23.9. The highest BCUT2D eigenvalue weighted by Crippen LogP contribution is 2.48. The van der Waals surface area contributed by atoms with Crippen LogP contribution >= 0.6 is 0 Å². The Bertz CT molecular complexity index is 1220. The molecule has 1 amide bonds. The standard InChI is InChI=1S/C25H24F2N4O3/c26-25(27)13-18(25)15-34-24(33)30-12-11-19-20(14-30)29-23(28)31(22(19)32)21(16-7-3-1-4-8-16)17-9-5-2-6-10-17/h1-10,18,21H,11-15H2,(H2,28,29). The zero-order valence-electron chi connectivity index (χ0n) is 18.4. The highest BCUT2D eigenvalue weighted by Gasteiger charge is 2.57. The van der Waals surface area contributed by atoms with Crippen LogP contribution in [0.1, 0.15) is 34.8 Å². The van der Waals surface area contributed by atoms with Crippen molar-refractivity contribution in [1.29, 1.82) is 0 Å². The Kier molecular flexibility index (Phi) is 5.55. The minimum Gasteiger partial charge on any atom is -0.449 e. The number of ether oxygens (including phenoxy) is 1. The molecule has 1 saturated carbocycles. The predicted octanol–water partition coefficient (Wildman–Crippen LogP) is 3.61. The molecular formula is C25H24F2N4O3. The van der Waals surface area contributed by atoms with Gasteiger partial charge >= 0.3 is 6.09 Å². The number of aromatic nitrogens is 2. The van der Waals surface area contributed by atoms with Crippen molar-refractivity contribution in [2.24, 2.45) is 5.92 Å². The molecule has 34 heavy (non-hydrogen) atoms. The van der Waals surface area contributed by atoms with E-state index in [9.17, 15) is 18.4 Å². The van der Waals surface area contributed by atoms with Gasteiger partial charge in [-0.1, -0.05) is 60.7 Å². The molecule has 1 aliphatic heterocycles. The van der Waals surface area contributed by atoms with E-state index >= 15 is 0 Å². The first kappa shape index (κ1) is 22.1. The van der Waals surface area contributed by atoms with E-state index in [0.717, 1.165) is 11.1 Å².